The van der Waals surface area contributed by atoms with E-state index in [-0.39, 0.29) is 0 Å². The van der Waals surface area contributed by atoms with Gasteiger partial charge in [-0.3, -0.25) is 0 Å². The van der Waals surface area contributed by atoms with Crippen molar-refractivity contribution in [3.8, 4) is 11.8 Å². The third kappa shape index (κ3) is 5.21. The molecule has 0 spiro atoms. The molecule has 0 aliphatic carbocycles. The number of nitrogens with two attached hydrogens (primary N) is 1. The molecule has 0 bridgehead atoms. The highest BCUT2D eigenvalue weighted by Gasteiger charge is 2.38. The van der Waals surface area contributed by atoms with Gasteiger partial charge in [0.15, 0.2) is 0 Å². The summed E-state index contributed by atoms with van der Waals surface area (Å²) in [5.41, 5.74) is 9.45. The number of carbonyl (C=O) groups is 1. The first-order chi connectivity index (χ1) is 15.4. The van der Waals surface area contributed by atoms with Crippen molar-refractivity contribution >= 4 is 17.4 Å². The molecule has 12 heteroatoms. The Labute approximate surface area is 186 Å². The van der Waals surface area contributed by atoms with Crippen LogP contribution in [0, 0.1) is 11.3 Å². The van der Waals surface area contributed by atoms with Gasteiger partial charge in [-0.05, 0) is 44.2 Å². The van der Waals surface area contributed by atoms with E-state index in [9.17, 15) is 18.4 Å². The van der Waals surface area contributed by atoms with Crippen molar-refractivity contribution in [3.05, 3.63) is 66.0 Å². The Morgan fingerprint density at radius 2 is 1.88 bits per heavy atom. The Morgan fingerprint density at radius 3 is 2.39 bits per heavy atom. The number of ether oxygens (including phenoxy) is 1. The van der Waals surface area contributed by atoms with Crippen molar-refractivity contribution in [2.45, 2.75) is 25.6 Å². The normalized spacial score (nSPS) is 17.2. The average molecular weight is 460 g/mol. The molecule has 0 radical (unpaired) electrons. The number of carboxylic acids is 1. The van der Waals surface area contributed by atoms with Crippen molar-refractivity contribution < 1.29 is 27.8 Å². The lowest BCUT2D eigenvalue weighted by atomic mass is 9.92. The molecule has 1 aromatic carbocycles. The first kappa shape index (κ1) is 23.6. The van der Waals surface area contributed by atoms with Crippen molar-refractivity contribution in [2.75, 3.05) is 11.6 Å². The number of hydrogen-bond acceptors (Lipinski definition) is 7. The summed E-state index contributed by atoms with van der Waals surface area (Å²) in [5.74, 6) is -2.44. The second-order valence-corrected chi connectivity index (χ2v) is 7.47. The number of allylic oxidation sites excluding steroid dienone is 1. The van der Waals surface area contributed by atoms with Crippen LogP contribution in [0.2, 0.25) is 0 Å². The Hall–Kier alpha value is -4.11. The third-order valence-electron chi connectivity index (χ3n) is 4.61. The fourth-order valence-corrected chi connectivity index (χ4v) is 3.01. The van der Waals surface area contributed by atoms with Gasteiger partial charge in [-0.15, -0.1) is 0 Å². The van der Waals surface area contributed by atoms with Gasteiger partial charge in [-0.2, -0.15) is 23.5 Å². The van der Waals surface area contributed by atoms with Crippen LogP contribution in [-0.2, 0) is 9.53 Å². The van der Waals surface area contributed by atoms with Crippen LogP contribution < -0.4 is 10.7 Å². The maximum absolute atomic E-state index is 10.6. The highest BCUT2D eigenvalue weighted by Crippen LogP contribution is 2.32. The van der Waals surface area contributed by atoms with Gasteiger partial charge in [0, 0.05) is 23.7 Å². The lowest BCUT2D eigenvalue weighted by Crippen LogP contribution is -2.39. The highest BCUT2D eigenvalue weighted by atomic mass is 19.4. The number of imidazole rings is 1. The average Bonchev–Trinajstić information content (AvgIpc) is 3.28. The van der Waals surface area contributed by atoms with E-state index < -0.39 is 17.7 Å². The minimum Gasteiger partial charge on any atom is -0.475 e. The molecule has 2 aromatic rings. The molecular weight excluding hydrogens is 441 g/mol. The molecule has 3 heterocycles. The van der Waals surface area contributed by atoms with Crippen LogP contribution in [-0.4, -0.2) is 44.7 Å². The topological polar surface area (TPSA) is 130 Å². The molecular formula is C21H19F3N6O3. The monoisotopic (exact) mass is 460 g/mol. The van der Waals surface area contributed by atoms with Crippen LogP contribution in [0.1, 0.15) is 13.8 Å². The van der Waals surface area contributed by atoms with Gasteiger partial charge >= 0.3 is 12.1 Å². The van der Waals surface area contributed by atoms with Crippen LogP contribution in [0.15, 0.2) is 71.1 Å². The van der Waals surface area contributed by atoms with Gasteiger partial charge in [-0.1, -0.05) is 0 Å². The summed E-state index contributed by atoms with van der Waals surface area (Å²) >= 11 is 0. The first-order valence-corrected chi connectivity index (χ1v) is 9.46. The van der Waals surface area contributed by atoms with Crippen molar-refractivity contribution in [2.24, 2.45) is 10.8 Å². The predicted octanol–water partition coefficient (Wildman–Crippen LogP) is 3.11. The van der Waals surface area contributed by atoms with Gasteiger partial charge in [0.25, 0.3) is 0 Å². The van der Waals surface area contributed by atoms with Gasteiger partial charge < -0.3 is 20.1 Å². The van der Waals surface area contributed by atoms with E-state index in [1.54, 1.807) is 17.5 Å². The van der Waals surface area contributed by atoms with E-state index >= 15 is 0 Å². The number of fused-ring (bicyclic) bond motifs is 1. The number of aliphatic carboxylic acids is 1. The van der Waals surface area contributed by atoms with Crippen LogP contribution in [0.3, 0.4) is 0 Å². The number of aromatic nitrogens is 2. The number of anilines is 1. The molecule has 33 heavy (non-hydrogen) atoms. The molecule has 1 aromatic heterocycles. The number of hydrazone groups is 1. The third-order valence-corrected chi connectivity index (χ3v) is 4.61. The molecule has 0 fully saturated rings. The van der Waals surface area contributed by atoms with Gasteiger partial charge in [-0.25, -0.2) is 14.8 Å². The predicted molar refractivity (Wildman–Crippen MR) is 112 cm³/mol. The van der Waals surface area contributed by atoms with E-state index in [2.05, 4.69) is 16.2 Å². The fraction of sp³-hybridized carbons (Fsp3) is 0.238. The number of alkyl halides is 3. The van der Waals surface area contributed by atoms with Crippen LogP contribution >= 0.6 is 0 Å². The zero-order valence-corrected chi connectivity index (χ0v) is 17.5. The number of halogens is 3. The molecule has 0 unspecified atom stereocenters. The number of nitrogens with zero attached hydrogens (tertiary/aromatic N) is 5. The summed E-state index contributed by atoms with van der Waals surface area (Å²) in [6.45, 7) is 4.23. The van der Waals surface area contributed by atoms with Crippen molar-refractivity contribution in [1.29, 1.82) is 5.26 Å². The lowest BCUT2D eigenvalue weighted by molar-refractivity contribution is -0.192. The van der Waals surface area contributed by atoms with Gasteiger partial charge in [0.1, 0.15) is 17.5 Å². The summed E-state index contributed by atoms with van der Waals surface area (Å²) in [4.78, 5) is 12.9. The van der Waals surface area contributed by atoms with Crippen LogP contribution in [0.5, 0.6) is 0 Å². The lowest BCUT2D eigenvalue weighted by Gasteiger charge is -2.34. The molecule has 9 nitrogen and oxygen atoms in total. The second-order valence-electron chi connectivity index (χ2n) is 7.47. The van der Waals surface area contributed by atoms with Crippen molar-refractivity contribution in [1.82, 2.24) is 9.55 Å². The Morgan fingerprint density at radius 1 is 1.27 bits per heavy atom. The van der Waals surface area contributed by atoms with E-state index in [0.717, 1.165) is 16.9 Å². The summed E-state index contributed by atoms with van der Waals surface area (Å²) in [6.07, 6.45) is 2.15. The molecule has 4 rings (SSSR count). The quantitative estimate of drug-likeness (QED) is 0.704. The van der Waals surface area contributed by atoms with E-state index in [1.165, 1.54) is 0 Å². The number of nitriles is 1. The highest BCUT2D eigenvalue weighted by molar-refractivity contribution is 6.08. The number of hydrogen-bond donors (Lipinski definition) is 2. The number of rotatable bonds is 2. The van der Waals surface area contributed by atoms with E-state index in [1.807, 2.05) is 55.0 Å². The molecule has 0 saturated heterocycles. The SMILES string of the molecule is CC1(C)C=C2C(=NN(c3ccc(-n4ccnc4)cc3)C(N)=C2C#N)CO1.O=C(O)C(F)(F)F. The smallest absolute Gasteiger partial charge is 0.475 e. The van der Waals surface area contributed by atoms with Crippen LogP contribution in [0.25, 0.3) is 5.69 Å². The molecule has 3 N–H and O–H groups in total. The Kier molecular flexibility index (Phi) is 6.28. The van der Waals surface area contributed by atoms with E-state index in [0.29, 0.717) is 23.7 Å². The maximum atomic E-state index is 10.6. The summed E-state index contributed by atoms with van der Waals surface area (Å²) in [7, 11) is 0. The molecule has 0 atom stereocenters. The summed E-state index contributed by atoms with van der Waals surface area (Å²) < 4.78 is 39.4. The molecule has 2 aliphatic heterocycles. The first-order valence-electron chi connectivity index (χ1n) is 9.46. The summed E-state index contributed by atoms with van der Waals surface area (Å²) in [6, 6.07) is 9.93. The minimum atomic E-state index is -5.08. The van der Waals surface area contributed by atoms with Gasteiger partial charge in [0.05, 0.1) is 29.9 Å². The standard InChI is InChI=1S/C19H18N6O.C2HF3O2/c1-19(2)9-15-16(10-20)18(21)25(23-17(15)11-26-19)14-5-3-13(4-6-14)24-8-7-22-12-24;3-2(4,5)1(6)7/h3-9,12H,11,21H2,1-2H3;(H,6,7). The zero-order chi connectivity index (χ0) is 24.4. The van der Waals surface area contributed by atoms with Crippen LogP contribution in [0.4, 0.5) is 18.9 Å². The summed E-state index contributed by atoms with van der Waals surface area (Å²) in [5, 5.41) is 23.0. The number of carboxylic acid groups (broad SMARTS) is 1. The second kappa shape index (κ2) is 8.79. The zero-order valence-electron chi connectivity index (χ0n) is 17.5. The maximum Gasteiger partial charge on any atom is 0.490 e. The Bertz CT molecular complexity index is 1170. The molecule has 172 valence electrons. The fourth-order valence-electron chi connectivity index (χ4n) is 3.01. The van der Waals surface area contributed by atoms with Crippen molar-refractivity contribution in [3.63, 3.8) is 0 Å². The number of benzene rings is 1. The molecule has 0 saturated carbocycles. The minimum absolute atomic E-state index is 0.315. The van der Waals surface area contributed by atoms with Gasteiger partial charge in [0.2, 0.25) is 0 Å². The Balaban J connectivity index is 0.000000383. The largest absolute Gasteiger partial charge is 0.490 e. The molecule has 2 aliphatic rings. The van der Waals surface area contributed by atoms with E-state index in [4.69, 9.17) is 20.4 Å². The molecule has 0 amide bonds.